The quantitative estimate of drug-likeness (QED) is 0.229. The summed E-state index contributed by atoms with van der Waals surface area (Å²) in [6.07, 6.45) is 12.9. The van der Waals surface area contributed by atoms with E-state index in [1.165, 1.54) is 0 Å². The molecule has 0 aliphatic heterocycles. The van der Waals surface area contributed by atoms with Crippen LogP contribution in [0.4, 0.5) is 0 Å². The zero-order chi connectivity index (χ0) is 19.9. The van der Waals surface area contributed by atoms with Gasteiger partial charge in [0.1, 0.15) is 0 Å². The Balaban J connectivity index is 4.84. The van der Waals surface area contributed by atoms with E-state index in [2.05, 4.69) is 25.7 Å². The molecule has 0 aliphatic carbocycles. The molecule has 0 bridgehead atoms. The number of hydrogen-bond acceptors (Lipinski definition) is 6. The Labute approximate surface area is 158 Å². The third-order valence-corrected chi connectivity index (χ3v) is 3.96. The van der Waals surface area contributed by atoms with Gasteiger partial charge >= 0.3 is 11.9 Å². The highest BCUT2D eigenvalue weighted by Gasteiger charge is 2.28. The van der Waals surface area contributed by atoms with Crippen LogP contribution in [0.3, 0.4) is 0 Å². The molecule has 146 valence electrons. The largest absolute Gasteiger partial charge is 0.426 e. The lowest BCUT2D eigenvalue weighted by Gasteiger charge is -2.27. The zero-order valence-electron chi connectivity index (χ0n) is 16.5. The van der Waals surface area contributed by atoms with Gasteiger partial charge in [-0.15, -0.1) is 12.8 Å². The van der Waals surface area contributed by atoms with Crippen molar-refractivity contribution >= 4 is 11.9 Å². The monoisotopic (exact) mass is 364 g/mol. The number of hydrogen-bond donors (Lipinski definition) is 0. The van der Waals surface area contributed by atoms with Crippen molar-refractivity contribution in [3.8, 4) is 24.7 Å². The van der Waals surface area contributed by atoms with Gasteiger partial charge in [0.05, 0.1) is 0 Å². The fraction of sp³-hybridized carbons (Fsp3) is 0.700. The van der Waals surface area contributed by atoms with E-state index in [9.17, 15) is 9.59 Å². The van der Waals surface area contributed by atoms with Crippen molar-refractivity contribution in [2.45, 2.75) is 65.8 Å². The first-order valence-electron chi connectivity index (χ1n) is 9.30. The minimum Gasteiger partial charge on any atom is -0.426 e. The van der Waals surface area contributed by atoms with E-state index in [-0.39, 0.29) is 0 Å². The van der Waals surface area contributed by atoms with Crippen molar-refractivity contribution < 1.29 is 19.1 Å². The maximum absolute atomic E-state index is 12.1. The standard InChI is InChI=1S/C20H32N2O4/c1-7-13-15-21(11-5)17(9-3)25-19(23)20(24)26-18(10-4)22(12-6)16-14-8-2/h3-4,17-18H,7-8,11-16H2,1-2,5-6H3. The predicted octanol–water partition coefficient (Wildman–Crippen LogP) is 2.24. The van der Waals surface area contributed by atoms with Crippen molar-refractivity contribution in [1.29, 1.82) is 0 Å². The maximum Gasteiger partial charge on any atom is 0.419 e. The van der Waals surface area contributed by atoms with Gasteiger partial charge < -0.3 is 9.47 Å². The Hall–Kier alpha value is -2.02. The molecule has 0 heterocycles. The van der Waals surface area contributed by atoms with E-state index in [0.717, 1.165) is 25.7 Å². The summed E-state index contributed by atoms with van der Waals surface area (Å²) < 4.78 is 10.3. The molecule has 0 rings (SSSR count). The second kappa shape index (κ2) is 14.2. The normalized spacial score (nSPS) is 12.9. The summed E-state index contributed by atoms with van der Waals surface area (Å²) in [5.74, 6) is 2.54. The number of rotatable bonds is 12. The average molecular weight is 364 g/mol. The lowest BCUT2D eigenvalue weighted by atomic mass is 10.3. The SMILES string of the molecule is C#CC(OC(=O)C(=O)OC(C#C)N(CC)CCCC)N(CC)CCCC. The molecule has 6 nitrogen and oxygen atoms in total. The fourth-order valence-electron chi connectivity index (χ4n) is 2.33. The summed E-state index contributed by atoms with van der Waals surface area (Å²) >= 11 is 0. The van der Waals surface area contributed by atoms with Crippen molar-refractivity contribution in [2.75, 3.05) is 26.2 Å². The molecule has 26 heavy (non-hydrogen) atoms. The number of esters is 2. The van der Waals surface area contributed by atoms with Crippen LogP contribution in [0.15, 0.2) is 0 Å². The molecule has 0 saturated heterocycles. The molecule has 0 radical (unpaired) electrons. The highest BCUT2D eigenvalue weighted by atomic mass is 16.6. The molecule has 0 aliphatic rings. The van der Waals surface area contributed by atoms with Crippen LogP contribution in [0.2, 0.25) is 0 Å². The lowest BCUT2D eigenvalue weighted by Crippen LogP contribution is -2.43. The molecule has 0 amide bonds. The molecule has 0 saturated carbocycles. The first kappa shape index (κ1) is 24.0. The Morgan fingerprint density at radius 3 is 1.38 bits per heavy atom. The Morgan fingerprint density at radius 1 is 0.808 bits per heavy atom. The van der Waals surface area contributed by atoms with Crippen molar-refractivity contribution in [1.82, 2.24) is 9.80 Å². The molecule has 0 aromatic heterocycles. The molecule has 2 unspecified atom stereocenters. The van der Waals surface area contributed by atoms with E-state index in [0.29, 0.717) is 26.2 Å². The number of terminal acetylenes is 2. The molecule has 0 spiro atoms. The number of unbranched alkanes of at least 4 members (excludes halogenated alkanes) is 2. The van der Waals surface area contributed by atoms with Crippen LogP contribution in [0.1, 0.15) is 53.4 Å². The van der Waals surface area contributed by atoms with E-state index in [1.807, 2.05) is 23.6 Å². The third kappa shape index (κ3) is 8.38. The van der Waals surface area contributed by atoms with Crippen LogP contribution >= 0.6 is 0 Å². The number of ether oxygens (including phenoxy) is 2. The average Bonchev–Trinajstić information content (AvgIpc) is 2.66. The van der Waals surface area contributed by atoms with Crippen LogP contribution < -0.4 is 0 Å². The molecule has 0 N–H and O–H groups in total. The van der Waals surface area contributed by atoms with Gasteiger partial charge in [0.2, 0.25) is 12.5 Å². The molecule has 0 fully saturated rings. The molecule has 0 aromatic carbocycles. The van der Waals surface area contributed by atoms with E-state index in [4.69, 9.17) is 22.3 Å². The number of carbonyl (C=O) groups excluding carboxylic acids is 2. The van der Waals surface area contributed by atoms with Crippen LogP contribution in [0.25, 0.3) is 0 Å². The summed E-state index contributed by atoms with van der Waals surface area (Å²) in [6, 6.07) is 0. The second-order valence-electron chi connectivity index (χ2n) is 5.81. The third-order valence-electron chi connectivity index (χ3n) is 3.96. The number of nitrogens with zero attached hydrogens (tertiary/aromatic N) is 2. The van der Waals surface area contributed by atoms with Gasteiger partial charge in [-0.25, -0.2) is 9.59 Å². The van der Waals surface area contributed by atoms with Crippen LogP contribution in [-0.2, 0) is 19.1 Å². The minimum absolute atomic E-state index is 0.602. The Bertz CT molecular complexity index is 461. The predicted molar refractivity (Wildman–Crippen MR) is 102 cm³/mol. The summed E-state index contributed by atoms with van der Waals surface area (Å²) in [4.78, 5) is 27.8. The summed E-state index contributed by atoms with van der Waals surface area (Å²) in [5, 5.41) is 0. The topological polar surface area (TPSA) is 59.1 Å². The zero-order valence-corrected chi connectivity index (χ0v) is 16.5. The summed E-state index contributed by atoms with van der Waals surface area (Å²) in [7, 11) is 0. The lowest BCUT2D eigenvalue weighted by molar-refractivity contribution is -0.179. The van der Waals surface area contributed by atoms with E-state index in [1.54, 1.807) is 0 Å². The van der Waals surface area contributed by atoms with Gasteiger partial charge in [-0.3, -0.25) is 9.80 Å². The van der Waals surface area contributed by atoms with E-state index < -0.39 is 24.4 Å². The molecule has 6 heteroatoms. The van der Waals surface area contributed by atoms with E-state index >= 15 is 0 Å². The van der Waals surface area contributed by atoms with Crippen molar-refractivity contribution in [3.05, 3.63) is 0 Å². The van der Waals surface area contributed by atoms with Crippen molar-refractivity contribution in [3.63, 3.8) is 0 Å². The van der Waals surface area contributed by atoms with Crippen molar-refractivity contribution in [2.24, 2.45) is 0 Å². The minimum atomic E-state index is -1.13. The van der Waals surface area contributed by atoms with Gasteiger partial charge in [-0.05, 0) is 37.8 Å². The molecular formula is C20H32N2O4. The van der Waals surface area contributed by atoms with Gasteiger partial charge in [-0.1, -0.05) is 40.5 Å². The van der Waals surface area contributed by atoms with Gasteiger partial charge in [-0.2, -0.15) is 0 Å². The molecular weight excluding hydrogens is 332 g/mol. The molecule has 0 aromatic rings. The Morgan fingerprint density at radius 2 is 1.15 bits per heavy atom. The van der Waals surface area contributed by atoms with Crippen LogP contribution in [0.5, 0.6) is 0 Å². The van der Waals surface area contributed by atoms with Crippen LogP contribution in [-0.4, -0.2) is 60.4 Å². The first-order chi connectivity index (χ1) is 12.5. The van der Waals surface area contributed by atoms with Gasteiger partial charge in [0.15, 0.2) is 0 Å². The molecule has 2 atom stereocenters. The summed E-state index contributed by atoms with van der Waals surface area (Å²) in [5.41, 5.74) is 0. The van der Waals surface area contributed by atoms with Crippen LogP contribution in [0, 0.1) is 24.7 Å². The summed E-state index contributed by atoms with van der Waals surface area (Å²) in [6.45, 7) is 10.5. The number of carbonyl (C=O) groups is 2. The van der Waals surface area contributed by atoms with Gasteiger partial charge in [0.25, 0.3) is 0 Å². The highest BCUT2D eigenvalue weighted by molar-refractivity contribution is 6.29. The Kier molecular flexibility index (Phi) is 13.1. The maximum atomic E-state index is 12.1. The smallest absolute Gasteiger partial charge is 0.419 e. The second-order valence-corrected chi connectivity index (χ2v) is 5.81. The fourth-order valence-corrected chi connectivity index (χ4v) is 2.33. The highest BCUT2D eigenvalue weighted by Crippen LogP contribution is 2.07. The first-order valence-corrected chi connectivity index (χ1v) is 9.30. The van der Waals surface area contributed by atoms with Gasteiger partial charge in [0, 0.05) is 13.1 Å².